The molecule has 0 atom stereocenters. The molecule has 1 aromatic rings. The van der Waals surface area contributed by atoms with Crippen LogP contribution in [0, 0.1) is 5.95 Å². The molecule has 0 radical (unpaired) electrons. The van der Waals surface area contributed by atoms with Gasteiger partial charge in [0.1, 0.15) is 12.2 Å². The van der Waals surface area contributed by atoms with E-state index in [1.807, 2.05) is 0 Å². The van der Waals surface area contributed by atoms with E-state index in [9.17, 15) is 26.7 Å². The Kier molecular flexibility index (Phi) is 4.62. The highest BCUT2D eigenvalue weighted by Gasteiger charge is 2.36. The van der Waals surface area contributed by atoms with Crippen LogP contribution in [-0.4, -0.2) is 23.9 Å². The summed E-state index contributed by atoms with van der Waals surface area (Å²) in [6.45, 7) is -0.121. The number of hydrogen-bond donors (Lipinski definition) is 0. The Bertz CT molecular complexity index is 475. The third-order valence-corrected chi connectivity index (χ3v) is 1.91. The highest BCUT2D eigenvalue weighted by molar-refractivity contribution is 5.94. The fraction of sp³-hybridized carbons (Fsp3) is 0.400. The van der Waals surface area contributed by atoms with Gasteiger partial charge in [0, 0.05) is 11.8 Å². The number of halogens is 5. The molecule has 0 aromatic carbocycles. The van der Waals surface area contributed by atoms with Crippen molar-refractivity contribution in [1.82, 2.24) is 4.98 Å². The Balaban J connectivity index is 3.36. The molecule has 0 aliphatic rings. The second-order valence-electron chi connectivity index (χ2n) is 3.18. The fourth-order valence-electron chi connectivity index (χ4n) is 1.24. The van der Waals surface area contributed by atoms with Gasteiger partial charge in [-0.15, -0.1) is 13.2 Å². The van der Waals surface area contributed by atoms with E-state index < -0.39 is 41.8 Å². The monoisotopic (exact) mass is 285 g/mol. The maximum absolute atomic E-state index is 13.2. The average molecular weight is 285 g/mol. The molecule has 9 heteroatoms. The predicted molar refractivity (Wildman–Crippen MR) is 51.6 cm³/mol. The van der Waals surface area contributed by atoms with Gasteiger partial charge in [-0.1, -0.05) is 0 Å². The number of esters is 1. The molecule has 1 heterocycles. The Labute approximate surface area is 104 Å². The Morgan fingerprint density at radius 2 is 2.05 bits per heavy atom. The highest BCUT2D eigenvalue weighted by atomic mass is 19.4. The summed E-state index contributed by atoms with van der Waals surface area (Å²) < 4.78 is 70.0. The van der Waals surface area contributed by atoms with Crippen molar-refractivity contribution >= 4 is 5.97 Å². The van der Waals surface area contributed by atoms with E-state index in [-0.39, 0.29) is 6.61 Å². The van der Waals surface area contributed by atoms with Gasteiger partial charge in [0.25, 0.3) is 5.95 Å². The number of carbonyl (C=O) groups excluding carboxylic acids is 1. The SMILES string of the molecule is CCOC(=O)c1c(CF)cnc(F)c1OC(F)(F)F. The summed E-state index contributed by atoms with van der Waals surface area (Å²) in [6.07, 6.45) is -4.65. The van der Waals surface area contributed by atoms with Crippen LogP contribution >= 0.6 is 0 Å². The van der Waals surface area contributed by atoms with Crippen molar-refractivity contribution in [2.75, 3.05) is 6.61 Å². The summed E-state index contributed by atoms with van der Waals surface area (Å²) in [5.41, 5.74) is -1.52. The largest absolute Gasteiger partial charge is 0.573 e. The van der Waals surface area contributed by atoms with E-state index >= 15 is 0 Å². The quantitative estimate of drug-likeness (QED) is 0.485. The lowest BCUT2D eigenvalue weighted by molar-refractivity contribution is -0.275. The van der Waals surface area contributed by atoms with Crippen LogP contribution in [0.1, 0.15) is 22.8 Å². The van der Waals surface area contributed by atoms with Gasteiger partial charge in [-0.25, -0.2) is 14.2 Å². The second kappa shape index (κ2) is 5.81. The number of rotatable bonds is 4. The summed E-state index contributed by atoms with van der Waals surface area (Å²) in [5.74, 6) is -4.51. The van der Waals surface area contributed by atoms with Gasteiger partial charge in [0.05, 0.1) is 6.61 Å². The maximum Gasteiger partial charge on any atom is 0.573 e. The summed E-state index contributed by atoms with van der Waals surface area (Å²) in [5, 5.41) is 0. The zero-order valence-electron chi connectivity index (χ0n) is 9.55. The van der Waals surface area contributed by atoms with E-state index in [4.69, 9.17) is 0 Å². The van der Waals surface area contributed by atoms with E-state index in [2.05, 4.69) is 14.5 Å². The standard InChI is InChI=1S/C10H8F5NO3/c1-2-18-9(17)6-5(3-11)4-16-8(12)7(6)19-10(13,14)15/h4H,2-3H2,1H3. The lowest BCUT2D eigenvalue weighted by Gasteiger charge is -2.14. The van der Waals surface area contributed by atoms with Crippen LogP contribution in [0.25, 0.3) is 0 Å². The number of nitrogens with zero attached hydrogens (tertiary/aromatic N) is 1. The van der Waals surface area contributed by atoms with Crippen molar-refractivity contribution in [3.8, 4) is 5.75 Å². The van der Waals surface area contributed by atoms with Gasteiger partial charge in [-0.2, -0.15) is 4.39 Å². The number of aromatic nitrogens is 1. The minimum atomic E-state index is -5.25. The molecule has 0 unspecified atom stereocenters. The van der Waals surface area contributed by atoms with E-state index in [0.29, 0.717) is 6.20 Å². The molecular formula is C10H8F5NO3. The van der Waals surface area contributed by atoms with Crippen LogP contribution in [0.15, 0.2) is 6.20 Å². The Hall–Kier alpha value is -1.93. The van der Waals surface area contributed by atoms with Crippen molar-refractivity contribution < 1.29 is 36.2 Å². The van der Waals surface area contributed by atoms with Crippen LogP contribution in [0.3, 0.4) is 0 Å². The van der Waals surface area contributed by atoms with Crippen LogP contribution in [0.5, 0.6) is 5.75 Å². The number of alkyl halides is 4. The number of ether oxygens (including phenoxy) is 2. The van der Waals surface area contributed by atoms with Gasteiger partial charge in [0.2, 0.25) is 0 Å². The molecule has 4 nitrogen and oxygen atoms in total. The molecule has 0 aliphatic heterocycles. The molecule has 1 rings (SSSR count). The van der Waals surface area contributed by atoms with Crippen LogP contribution in [-0.2, 0) is 11.4 Å². The zero-order chi connectivity index (χ0) is 14.6. The summed E-state index contributed by atoms with van der Waals surface area (Å²) >= 11 is 0. The molecule has 1 aromatic heterocycles. The number of hydrogen-bond acceptors (Lipinski definition) is 4. The van der Waals surface area contributed by atoms with E-state index in [0.717, 1.165) is 0 Å². The van der Waals surface area contributed by atoms with Crippen molar-refractivity contribution in [2.24, 2.45) is 0 Å². The van der Waals surface area contributed by atoms with Gasteiger partial charge in [-0.3, -0.25) is 0 Å². The molecule has 0 amide bonds. The van der Waals surface area contributed by atoms with Crippen molar-refractivity contribution in [3.63, 3.8) is 0 Å². The van der Waals surface area contributed by atoms with Gasteiger partial charge in [-0.05, 0) is 6.92 Å². The fourth-order valence-corrected chi connectivity index (χ4v) is 1.24. The van der Waals surface area contributed by atoms with E-state index in [1.165, 1.54) is 6.92 Å². The molecule has 0 bridgehead atoms. The predicted octanol–water partition coefficient (Wildman–Crippen LogP) is 2.77. The third-order valence-electron chi connectivity index (χ3n) is 1.91. The van der Waals surface area contributed by atoms with Crippen LogP contribution < -0.4 is 4.74 Å². The molecule has 0 spiro atoms. The first-order valence-corrected chi connectivity index (χ1v) is 4.96. The average Bonchev–Trinajstić information content (AvgIpc) is 2.30. The minimum Gasteiger partial charge on any atom is -0.462 e. The maximum atomic E-state index is 13.2. The van der Waals surface area contributed by atoms with Crippen molar-refractivity contribution in [1.29, 1.82) is 0 Å². The minimum absolute atomic E-state index is 0.181. The third kappa shape index (κ3) is 3.76. The van der Waals surface area contributed by atoms with E-state index in [1.54, 1.807) is 0 Å². The van der Waals surface area contributed by atoms with Crippen LogP contribution in [0.2, 0.25) is 0 Å². The first kappa shape index (κ1) is 15.1. The summed E-state index contributed by atoms with van der Waals surface area (Å²) in [7, 11) is 0. The zero-order valence-corrected chi connectivity index (χ0v) is 9.55. The first-order chi connectivity index (χ1) is 8.80. The Morgan fingerprint density at radius 1 is 1.42 bits per heavy atom. The molecule has 0 fully saturated rings. The number of pyridine rings is 1. The molecule has 0 saturated heterocycles. The summed E-state index contributed by atoms with van der Waals surface area (Å²) in [6, 6.07) is 0. The summed E-state index contributed by atoms with van der Waals surface area (Å²) in [4.78, 5) is 14.4. The molecule has 19 heavy (non-hydrogen) atoms. The van der Waals surface area contributed by atoms with Crippen LogP contribution in [0.4, 0.5) is 22.0 Å². The molecule has 0 N–H and O–H groups in total. The number of carbonyl (C=O) groups is 1. The van der Waals surface area contributed by atoms with Crippen molar-refractivity contribution in [3.05, 3.63) is 23.3 Å². The first-order valence-electron chi connectivity index (χ1n) is 4.96. The highest BCUT2D eigenvalue weighted by Crippen LogP contribution is 2.31. The molecular weight excluding hydrogens is 277 g/mol. The smallest absolute Gasteiger partial charge is 0.462 e. The van der Waals surface area contributed by atoms with Gasteiger partial charge < -0.3 is 9.47 Å². The molecule has 0 saturated carbocycles. The van der Waals surface area contributed by atoms with Gasteiger partial charge in [0.15, 0.2) is 5.75 Å². The van der Waals surface area contributed by atoms with Crippen molar-refractivity contribution in [2.45, 2.75) is 20.0 Å². The normalized spacial score (nSPS) is 11.3. The lowest BCUT2D eigenvalue weighted by Crippen LogP contribution is -2.22. The Morgan fingerprint density at radius 3 is 2.53 bits per heavy atom. The second-order valence-corrected chi connectivity index (χ2v) is 3.18. The molecule has 106 valence electrons. The molecule has 0 aliphatic carbocycles. The topological polar surface area (TPSA) is 48.4 Å². The van der Waals surface area contributed by atoms with Gasteiger partial charge >= 0.3 is 12.3 Å². The lowest BCUT2D eigenvalue weighted by atomic mass is 10.1.